The molecule has 0 saturated carbocycles. The second-order valence-electron chi connectivity index (χ2n) is 6.27. The minimum absolute atomic E-state index is 0.305. The smallest absolute Gasteiger partial charge is 0.271 e. The van der Waals surface area contributed by atoms with E-state index in [2.05, 4.69) is 15.8 Å². The molecule has 1 fully saturated rings. The van der Waals surface area contributed by atoms with Crippen LogP contribution in [0.5, 0.6) is 0 Å². The van der Waals surface area contributed by atoms with Crippen LogP contribution in [0.1, 0.15) is 28.2 Å². The van der Waals surface area contributed by atoms with Crippen molar-refractivity contribution in [3.63, 3.8) is 0 Å². The fraction of sp³-hybridized carbons (Fsp3) is 0.353. The molecule has 1 aliphatic heterocycles. The topological polar surface area (TPSA) is 108 Å². The zero-order chi connectivity index (χ0) is 19.6. The summed E-state index contributed by atoms with van der Waals surface area (Å²) in [6.45, 7) is 2.03. The lowest BCUT2D eigenvalue weighted by atomic mass is 10.2. The Labute approximate surface area is 161 Å². The first kappa shape index (κ1) is 19.5. The van der Waals surface area contributed by atoms with Crippen molar-refractivity contribution in [1.82, 2.24) is 20.1 Å². The van der Waals surface area contributed by atoms with Gasteiger partial charge in [-0.25, -0.2) is 13.4 Å². The number of thiazole rings is 1. The lowest BCUT2D eigenvalue weighted by molar-refractivity contribution is -0.124. The number of hydrogen-bond donors (Lipinski definition) is 2. The molecule has 3 rings (SSSR count). The van der Waals surface area contributed by atoms with Gasteiger partial charge in [-0.15, -0.1) is 11.3 Å². The zero-order valence-electron chi connectivity index (χ0n) is 14.9. The van der Waals surface area contributed by atoms with E-state index < -0.39 is 27.9 Å². The van der Waals surface area contributed by atoms with Crippen LogP contribution in [-0.2, 0) is 14.8 Å². The molecule has 0 unspecified atom stereocenters. The predicted octanol–water partition coefficient (Wildman–Crippen LogP) is 1.30. The Balaban J connectivity index is 1.66. The highest BCUT2D eigenvalue weighted by atomic mass is 32.2. The predicted molar refractivity (Wildman–Crippen MR) is 102 cm³/mol. The summed E-state index contributed by atoms with van der Waals surface area (Å²) in [5.41, 5.74) is 6.16. The van der Waals surface area contributed by atoms with Crippen LogP contribution in [0.3, 0.4) is 0 Å². The number of aromatic nitrogens is 1. The molecule has 144 valence electrons. The van der Waals surface area contributed by atoms with Crippen LogP contribution in [0.4, 0.5) is 0 Å². The molecule has 0 spiro atoms. The van der Waals surface area contributed by atoms with Gasteiger partial charge in [-0.1, -0.05) is 30.3 Å². The van der Waals surface area contributed by atoms with Gasteiger partial charge in [0.2, 0.25) is 10.0 Å². The van der Waals surface area contributed by atoms with Crippen LogP contribution in [0.15, 0.2) is 30.3 Å². The Morgan fingerprint density at radius 1 is 1.22 bits per heavy atom. The van der Waals surface area contributed by atoms with Gasteiger partial charge < -0.3 is 0 Å². The average molecular weight is 409 g/mol. The summed E-state index contributed by atoms with van der Waals surface area (Å²) in [7, 11) is -3.47. The van der Waals surface area contributed by atoms with Crippen molar-refractivity contribution in [1.29, 1.82) is 0 Å². The van der Waals surface area contributed by atoms with Crippen LogP contribution in [0.2, 0.25) is 0 Å². The summed E-state index contributed by atoms with van der Waals surface area (Å²) in [4.78, 5) is 29.5. The van der Waals surface area contributed by atoms with E-state index in [0.29, 0.717) is 35.0 Å². The third-order valence-corrected chi connectivity index (χ3v) is 6.75. The SMILES string of the molecule is Cc1nc(-c2ccccc2)sc1C(=O)NNC(=O)[C@@H]1CCCN1S(C)(=O)=O. The van der Waals surface area contributed by atoms with E-state index in [-0.39, 0.29) is 0 Å². The molecule has 2 N–H and O–H groups in total. The van der Waals surface area contributed by atoms with Crippen molar-refractivity contribution in [3.05, 3.63) is 40.9 Å². The molecule has 0 aliphatic carbocycles. The number of sulfonamides is 1. The van der Waals surface area contributed by atoms with E-state index in [1.165, 1.54) is 11.3 Å². The molecule has 0 bridgehead atoms. The van der Waals surface area contributed by atoms with Crippen molar-refractivity contribution in [2.75, 3.05) is 12.8 Å². The van der Waals surface area contributed by atoms with E-state index in [0.717, 1.165) is 16.1 Å². The molecule has 1 aliphatic rings. The molecular formula is C17H20N4O4S2. The molecule has 2 heterocycles. The Morgan fingerprint density at radius 2 is 1.93 bits per heavy atom. The number of carbonyl (C=O) groups is 2. The second kappa shape index (κ2) is 7.75. The molecule has 2 aromatic rings. The molecule has 2 amide bonds. The fourth-order valence-electron chi connectivity index (χ4n) is 2.97. The number of hydrogen-bond acceptors (Lipinski definition) is 6. The number of nitrogens with zero attached hydrogens (tertiary/aromatic N) is 2. The summed E-state index contributed by atoms with van der Waals surface area (Å²) in [6, 6.07) is 8.68. The Bertz CT molecular complexity index is 957. The molecular weight excluding hydrogens is 388 g/mol. The molecule has 1 saturated heterocycles. The summed E-state index contributed by atoms with van der Waals surface area (Å²) in [5, 5.41) is 0.712. The normalized spacial score (nSPS) is 17.6. The number of hydrazine groups is 1. The van der Waals surface area contributed by atoms with Crippen molar-refractivity contribution in [3.8, 4) is 10.6 Å². The van der Waals surface area contributed by atoms with Crippen molar-refractivity contribution < 1.29 is 18.0 Å². The van der Waals surface area contributed by atoms with Crippen LogP contribution < -0.4 is 10.9 Å². The highest BCUT2D eigenvalue weighted by Crippen LogP contribution is 2.27. The maximum atomic E-state index is 12.4. The van der Waals surface area contributed by atoms with E-state index in [1.54, 1.807) is 6.92 Å². The van der Waals surface area contributed by atoms with Crippen molar-refractivity contribution >= 4 is 33.2 Å². The molecule has 1 atom stereocenters. The minimum Gasteiger partial charge on any atom is -0.271 e. The highest BCUT2D eigenvalue weighted by molar-refractivity contribution is 7.88. The first-order chi connectivity index (χ1) is 12.8. The van der Waals surface area contributed by atoms with Crippen molar-refractivity contribution in [2.24, 2.45) is 0 Å². The molecule has 1 aromatic heterocycles. The first-order valence-electron chi connectivity index (χ1n) is 8.37. The van der Waals surface area contributed by atoms with Crippen LogP contribution >= 0.6 is 11.3 Å². The van der Waals surface area contributed by atoms with Crippen LogP contribution in [-0.4, -0.2) is 48.4 Å². The van der Waals surface area contributed by atoms with Crippen molar-refractivity contribution in [2.45, 2.75) is 25.8 Å². The van der Waals surface area contributed by atoms with Gasteiger partial charge >= 0.3 is 0 Å². The van der Waals surface area contributed by atoms with E-state index in [1.807, 2.05) is 30.3 Å². The lowest BCUT2D eigenvalue weighted by Crippen LogP contribution is -2.51. The number of nitrogens with one attached hydrogen (secondary N) is 2. The van der Waals surface area contributed by atoms with Gasteiger partial charge in [-0.3, -0.25) is 20.4 Å². The summed E-state index contributed by atoms with van der Waals surface area (Å²) in [6.07, 6.45) is 2.10. The van der Waals surface area contributed by atoms with E-state index >= 15 is 0 Å². The quantitative estimate of drug-likeness (QED) is 0.742. The largest absolute Gasteiger partial charge is 0.281 e. The maximum Gasteiger partial charge on any atom is 0.281 e. The molecule has 27 heavy (non-hydrogen) atoms. The van der Waals surface area contributed by atoms with Gasteiger partial charge in [0.25, 0.3) is 11.8 Å². The number of benzene rings is 1. The average Bonchev–Trinajstić information content (AvgIpc) is 3.27. The molecule has 0 radical (unpaired) electrons. The van der Waals surface area contributed by atoms with Crippen LogP contribution in [0, 0.1) is 6.92 Å². The van der Waals surface area contributed by atoms with Gasteiger partial charge in [0, 0.05) is 12.1 Å². The standard InChI is InChI=1S/C17H20N4O4S2/c1-11-14(26-17(18-11)12-7-4-3-5-8-12)16(23)20-19-15(22)13-9-6-10-21(13)27(2,24)25/h3-5,7-8,13H,6,9-10H2,1-2H3,(H,19,22)(H,20,23)/t13-/m0/s1. The third kappa shape index (κ3) is 4.34. The number of carbonyl (C=O) groups excluding carboxylic acids is 2. The van der Waals surface area contributed by atoms with Gasteiger partial charge in [0.05, 0.1) is 11.9 Å². The summed E-state index contributed by atoms with van der Waals surface area (Å²) < 4.78 is 24.6. The lowest BCUT2D eigenvalue weighted by Gasteiger charge is -2.21. The Hall–Kier alpha value is -2.30. The van der Waals surface area contributed by atoms with Gasteiger partial charge in [-0.2, -0.15) is 4.31 Å². The highest BCUT2D eigenvalue weighted by Gasteiger charge is 2.36. The third-order valence-electron chi connectivity index (χ3n) is 4.26. The molecule has 8 nitrogen and oxygen atoms in total. The number of aryl methyl sites for hydroxylation is 1. The first-order valence-corrected chi connectivity index (χ1v) is 11.0. The number of amides is 2. The minimum atomic E-state index is -3.47. The fourth-order valence-corrected chi connectivity index (χ4v) is 5.06. The summed E-state index contributed by atoms with van der Waals surface area (Å²) in [5.74, 6) is -1.03. The van der Waals surface area contributed by atoms with Crippen LogP contribution in [0.25, 0.3) is 10.6 Å². The van der Waals surface area contributed by atoms with Gasteiger partial charge in [0.1, 0.15) is 15.9 Å². The zero-order valence-corrected chi connectivity index (χ0v) is 16.6. The van der Waals surface area contributed by atoms with E-state index in [9.17, 15) is 18.0 Å². The molecule has 1 aromatic carbocycles. The maximum absolute atomic E-state index is 12.4. The Morgan fingerprint density at radius 3 is 2.59 bits per heavy atom. The second-order valence-corrected chi connectivity index (χ2v) is 9.21. The van der Waals surface area contributed by atoms with E-state index in [4.69, 9.17) is 0 Å². The monoisotopic (exact) mass is 408 g/mol. The van der Waals surface area contributed by atoms with Gasteiger partial charge in [0.15, 0.2) is 0 Å². The molecule has 10 heteroatoms. The Kier molecular flexibility index (Phi) is 5.59. The van der Waals surface area contributed by atoms with Gasteiger partial charge in [-0.05, 0) is 19.8 Å². The summed E-state index contributed by atoms with van der Waals surface area (Å²) >= 11 is 1.23. The number of rotatable bonds is 4.